The van der Waals surface area contributed by atoms with Gasteiger partial charge in [0, 0.05) is 69.8 Å². The summed E-state index contributed by atoms with van der Waals surface area (Å²) in [5, 5.41) is 5.83. The van der Waals surface area contributed by atoms with Crippen molar-refractivity contribution in [3.63, 3.8) is 0 Å². The van der Waals surface area contributed by atoms with E-state index in [1.807, 2.05) is 16.7 Å². The van der Waals surface area contributed by atoms with Crippen molar-refractivity contribution in [1.29, 1.82) is 0 Å². The molecule has 0 unspecified atom stereocenters. The lowest BCUT2D eigenvalue weighted by Crippen LogP contribution is -2.51. The van der Waals surface area contributed by atoms with Crippen LogP contribution in [0.1, 0.15) is 82.8 Å². The molecule has 2 saturated heterocycles. The van der Waals surface area contributed by atoms with Gasteiger partial charge in [0.1, 0.15) is 6.26 Å². The normalized spacial score (nSPS) is 18.9. The van der Waals surface area contributed by atoms with E-state index in [2.05, 4.69) is 20.5 Å². The van der Waals surface area contributed by atoms with Crippen LogP contribution in [0.5, 0.6) is 0 Å². The lowest BCUT2D eigenvalue weighted by Gasteiger charge is -2.42. The zero-order valence-electron chi connectivity index (χ0n) is 26.3. The number of benzene rings is 2. The Kier molecular flexibility index (Phi) is 9.53. The summed E-state index contributed by atoms with van der Waals surface area (Å²) in [4.78, 5) is 48.5. The molecule has 1 aliphatic carbocycles. The molecule has 3 fully saturated rings. The summed E-state index contributed by atoms with van der Waals surface area (Å²) in [6, 6.07) is 10.7. The van der Waals surface area contributed by atoms with Crippen LogP contribution in [0.25, 0.3) is 0 Å². The molecule has 250 valence electrons. The molecule has 3 aliphatic rings. The van der Waals surface area contributed by atoms with Gasteiger partial charge >= 0.3 is 6.18 Å². The Bertz CT molecular complexity index is 1620. The van der Waals surface area contributed by atoms with Gasteiger partial charge in [-0.25, -0.2) is 4.98 Å². The Morgan fingerprint density at radius 1 is 1.06 bits per heavy atom. The Morgan fingerprint density at radius 3 is 2.60 bits per heavy atom. The molecule has 13 heteroatoms. The van der Waals surface area contributed by atoms with Gasteiger partial charge in [-0.3, -0.25) is 19.3 Å². The van der Waals surface area contributed by atoms with Crippen molar-refractivity contribution in [2.75, 3.05) is 49.5 Å². The zero-order valence-corrected chi connectivity index (χ0v) is 26.3. The number of nitrogens with zero attached hydrogens (tertiary/aromatic N) is 4. The number of oxazole rings is 1. The molecule has 0 spiro atoms. The Morgan fingerprint density at radius 2 is 1.87 bits per heavy atom. The summed E-state index contributed by atoms with van der Waals surface area (Å²) in [7, 11) is 0. The lowest BCUT2D eigenvalue weighted by atomic mass is 10.0. The van der Waals surface area contributed by atoms with Crippen molar-refractivity contribution < 1.29 is 32.0 Å². The van der Waals surface area contributed by atoms with Crippen molar-refractivity contribution >= 4 is 29.1 Å². The second-order valence-corrected chi connectivity index (χ2v) is 12.5. The SMILES string of the molecule is C[C@H]1CN(c2ccc(C(=O)NCCCN3CCCC3=O)cc2NC(=O)c2coc(C3CC3)n2)CCN1Cc1ccccc1C(F)(F)F. The summed E-state index contributed by atoms with van der Waals surface area (Å²) in [6.07, 6.45) is 0.922. The van der Waals surface area contributed by atoms with E-state index in [1.165, 1.54) is 18.4 Å². The second kappa shape index (κ2) is 13.8. The van der Waals surface area contributed by atoms with Gasteiger partial charge in [0.15, 0.2) is 11.6 Å². The molecule has 2 aliphatic heterocycles. The standard InChI is InChI=1S/C34H39F3N6O4/c1-22-19-43(17-16-42(22)20-25-6-2-3-7-26(25)34(35,36)37)29-12-11-24(31(45)38-13-5-15-41-14-4-8-30(41)44)18-27(29)39-32(46)28-21-47-33(40-28)23-9-10-23/h2-3,6-7,11-12,18,21-23H,4-5,8-10,13-17,19-20H2,1H3,(H,38,45)(H,39,46)/t22-/m0/s1. The van der Waals surface area contributed by atoms with Crippen molar-refractivity contribution in [3.05, 3.63) is 77.0 Å². The topological polar surface area (TPSA) is 111 Å². The lowest BCUT2D eigenvalue weighted by molar-refractivity contribution is -0.138. The van der Waals surface area contributed by atoms with E-state index in [0.29, 0.717) is 68.4 Å². The number of anilines is 2. The molecule has 1 atom stereocenters. The molecule has 0 radical (unpaired) electrons. The summed E-state index contributed by atoms with van der Waals surface area (Å²) in [6.45, 7) is 5.35. The fourth-order valence-corrected chi connectivity index (χ4v) is 6.27. The van der Waals surface area contributed by atoms with Crippen molar-refractivity contribution in [2.24, 2.45) is 0 Å². The maximum Gasteiger partial charge on any atom is 0.416 e. The minimum absolute atomic E-state index is 0.101. The number of nitrogens with one attached hydrogen (secondary N) is 2. The third kappa shape index (κ3) is 7.78. The van der Waals surface area contributed by atoms with Gasteiger partial charge in [0.05, 0.1) is 16.9 Å². The molecule has 2 N–H and O–H groups in total. The molecule has 0 bridgehead atoms. The van der Waals surface area contributed by atoms with Gasteiger partial charge in [0.2, 0.25) is 5.91 Å². The van der Waals surface area contributed by atoms with Crippen LogP contribution >= 0.6 is 0 Å². The molecular weight excluding hydrogens is 613 g/mol. The molecule has 3 amide bonds. The minimum atomic E-state index is -4.43. The quantitative estimate of drug-likeness (QED) is 0.272. The third-order valence-corrected chi connectivity index (χ3v) is 9.05. The van der Waals surface area contributed by atoms with Crippen LogP contribution in [0.4, 0.5) is 24.5 Å². The Hall–Kier alpha value is -4.39. The van der Waals surface area contributed by atoms with Crippen molar-refractivity contribution in [3.8, 4) is 0 Å². The highest BCUT2D eigenvalue weighted by atomic mass is 19.4. The number of carbonyl (C=O) groups excluding carboxylic acids is 3. The summed E-state index contributed by atoms with van der Waals surface area (Å²) in [5.41, 5.74) is 1.21. The van der Waals surface area contributed by atoms with E-state index in [4.69, 9.17) is 4.42 Å². The third-order valence-electron chi connectivity index (χ3n) is 9.05. The summed E-state index contributed by atoms with van der Waals surface area (Å²) < 4.78 is 46.4. The second-order valence-electron chi connectivity index (χ2n) is 12.5. The van der Waals surface area contributed by atoms with Crippen LogP contribution in [0.15, 0.2) is 53.1 Å². The molecule has 3 aromatic rings. The van der Waals surface area contributed by atoms with Crippen LogP contribution in [0.2, 0.25) is 0 Å². The first-order chi connectivity index (χ1) is 22.6. The number of halogens is 3. The number of amides is 3. The fraction of sp³-hybridized carbons (Fsp3) is 0.471. The molecule has 47 heavy (non-hydrogen) atoms. The monoisotopic (exact) mass is 652 g/mol. The molecule has 1 aromatic heterocycles. The van der Waals surface area contributed by atoms with Crippen LogP contribution in [-0.4, -0.2) is 77.8 Å². The first kappa shape index (κ1) is 32.5. The van der Waals surface area contributed by atoms with Gasteiger partial charge in [-0.1, -0.05) is 18.2 Å². The molecule has 2 aromatic carbocycles. The van der Waals surface area contributed by atoms with Gasteiger partial charge in [-0.05, 0) is 62.4 Å². The molecule has 6 rings (SSSR count). The van der Waals surface area contributed by atoms with E-state index < -0.39 is 17.6 Å². The van der Waals surface area contributed by atoms with Crippen molar-refractivity contribution in [1.82, 2.24) is 20.1 Å². The van der Waals surface area contributed by atoms with E-state index in [9.17, 15) is 27.6 Å². The Balaban J connectivity index is 1.16. The number of carbonyl (C=O) groups is 3. The number of aromatic nitrogens is 1. The molecule has 3 heterocycles. The first-order valence-corrected chi connectivity index (χ1v) is 16.2. The maximum absolute atomic E-state index is 13.6. The molecular formula is C34H39F3N6O4. The van der Waals surface area contributed by atoms with Crippen LogP contribution < -0.4 is 15.5 Å². The number of likely N-dealkylation sites (tertiary alicyclic amines) is 1. The number of rotatable bonds is 11. The van der Waals surface area contributed by atoms with Crippen LogP contribution in [-0.2, 0) is 17.5 Å². The highest BCUT2D eigenvalue weighted by Crippen LogP contribution is 2.39. The van der Waals surface area contributed by atoms with E-state index in [1.54, 1.807) is 24.3 Å². The Labute approximate surface area is 271 Å². The predicted molar refractivity (Wildman–Crippen MR) is 169 cm³/mol. The van der Waals surface area contributed by atoms with Gasteiger partial charge < -0.3 is 24.9 Å². The largest absolute Gasteiger partial charge is 0.448 e. The van der Waals surface area contributed by atoms with Gasteiger partial charge in [-0.15, -0.1) is 0 Å². The first-order valence-electron chi connectivity index (χ1n) is 16.2. The number of hydrogen-bond acceptors (Lipinski definition) is 7. The van der Waals surface area contributed by atoms with E-state index >= 15 is 0 Å². The smallest absolute Gasteiger partial charge is 0.416 e. The molecule has 1 saturated carbocycles. The minimum Gasteiger partial charge on any atom is -0.448 e. The van der Waals surface area contributed by atoms with Crippen molar-refractivity contribution in [2.45, 2.75) is 63.7 Å². The van der Waals surface area contributed by atoms with E-state index in [0.717, 1.165) is 31.9 Å². The number of alkyl halides is 3. The van der Waals surface area contributed by atoms with Crippen LogP contribution in [0, 0.1) is 0 Å². The fourth-order valence-electron chi connectivity index (χ4n) is 6.27. The highest BCUT2D eigenvalue weighted by Gasteiger charge is 2.35. The zero-order chi connectivity index (χ0) is 33.1. The summed E-state index contributed by atoms with van der Waals surface area (Å²) >= 11 is 0. The maximum atomic E-state index is 13.6. The summed E-state index contributed by atoms with van der Waals surface area (Å²) in [5.74, 6) is 0.147. The predicted octanol–water partition coefficient (Wildman–Crippen LogP) is 5.28. The average Bonchev–Trinajstić information content (AvgIpc) is 3.63. The van der Waals surface area contributed by atoms with E-state index in [-0.39, 0.29) is 41.6 Å². The number of piperazine rings is 1. The number of hydrogen-bond donors (Lipinski definition) is 2. The highest BCUT2D eigenvalue weighted by molar-refractivity contribution is 6.06. The molecule has 10 nitrogen and oxygen atoms in total. The van der Waals surface area contributed by atoms with Crippen LogP contribution in [0.3, 0.4) is 0 Å². The van der Waals surface area contributed by atoms with Gasteiger partial charge in [0.25, 0.3) is 11.8 Å². The average molecular weight is 653 g/mol. The van der Waals surface area contributed by atoms with Gasteiger partial charge in [-0.2, -0.15) is 13.2 Å².